The zero-order valence-electron chi connectivity index (χ0n) is 19.6. The van der Waals surface area contributed by atoms with Crippen LogP contribution in [0.4, 0.5) is 5.69 Å². The Morgan fingerprint density at radius 2 is 1.66 bits per heavy atom. The van der Waals surface area contributed by atoms with Gasteiger partial charge in [-0.1, -0.05) is 53.5 Å². The van der Waals surface area contributed by atoms with Crippen molar-refractivity contribution < 1.29 is 19.2 Å². The molecule has 188 valence electrons. The fourth-order valence-corrected chi connectivity index (χ4v) is 4.38. The first kappa shape index (κ1) is 25.2. The third-order valence-corrected chi connectivity index (χ3v) is 6.24. The molecule has 0 radical (unpaired) electrons. The number of carbonyl (C=O) groups excluding carboxylic acids is 1. The molecule has 9 heteroatoms. The number of nitrogens with zero attached hydrogens (tertiary/aromatic N) is 2. The van der Waals surface area contributed by atoms with Crippen LogP contribution >= 0.6 is 23.2 Å². The second-order valence-electron chi connectivity index (χ2n) is 8.27. The average Bonchev–Trinajstić information content (AvgIpc) is 2.91. The third kappa shape index (κ3) is 5.59. The Kier molecular flexibility index (Phi) is 7.22. The largest absolute Gasteiger partial charge is 0.457 e. The minimum atomic E-state index is -0.517. The number of para-hydroxylation sites is 1. The molecule has 0 fully saturated rings. The van der Waals surface area contributed by atoms with E-state index < -0.39 is 10.9 Å². The molecule has 0 aliphatic rings. The zero-order chi connectivity index (χ0) is 26.6. The summed E-state index contributed by atoms with van der Waals surface area (Å²) in [5.41, 5.74) is 2.83. The van der Waals surface area contributed by atoms with Gasteiger partial charge in [0.2, 0.25) is 0 Å². The standard InChI is InChI=1S/C29H18Cl2N2O5/c30-19-8-13-24(26(31)15-19)28-16-25(23-6-1-2-7-27(23)32-28)29(34)37-17-18-4-3-5-22(14-18)38-21-11-9-20(10-12-21)33(35)36/h1-16H,17H2. The van der Waals surface area contributed by atoms with Crippen LogP contribution in [-0.2, 0) is 11.3 Å². The Hall–Kier alpha value is -4.46. The Morgan fingerprint density at radius 3 is 2.42 bits per heavy atom. The smallest absolute Gasteiger partial charge is 0.339 e. The lowest BCUT2D eigenvalue weighted by atomic mass is 10.0. The van der Waals surface area contributed by atoms with Crippen LogP contribution in [0, 0.1) is 10.1 Å². The lowest BCUT2D eigenvalue weighted by molar-refractivity contribution is -0.384. The van der Waals surface area contributed by atoms with Gasteiger partial charge >= 0.3 is 5.97 Å². The van der Waals surface area contributed by atoms with Gasteiger partial charge in [0.05, 0.1) is 26.7 Å². The Morgan fingerprint density at radius 1 is 0.868 bits per heavy atom. The normalized spacial score (nSPS) is 10.8. The van der Waals surface area contributed by atoms with Crippen LogP contribution in [0.2, 0.25) is 10.0 Å². The number of fused-ring (bicyclic) bond motifs is 1. The number of esters is 1. The van der Waals surface area contributed by atoms with E-state index >= 15 is 0 Å². The summed E-state index contributed by atoms with van der Waals surface area (Å²) < 4.78 is 11.5. The Bertz CT molecular complexity index is 1670. The van der Waals surface area contributed by atoms with Crippen LogP contribution in [0.5, 0.6) is 11.5 Å². The van der Waals surface area contributed by atoms with Gasteiger partial charge in [-0.2, -0.15) is 0 Å². The molecule has 0 saturated carbocycles. The van der Waals surface area contributed by atoms with E-state index in [1.54, 1.807) is 48.5 Å². The number of carbonyl (C=O) groups is 1. The quantitative estimate of drug-likeness (QED) is 0.116. The summed E-state index contributed by atoms with van der Waals surface area (Å²) in [5.74, 6) is 0.430. The number of benzene rings is 4. The molecule has 0 saturated heterocycles. The van der Waals surface area contributed by atoms with E-state index in [1.165, 1.54) is 24.3 Å². The maximum Gasteiger partial charge on any atom is 0.339 e. The van der Waals surface area contributed by atoms with Crippen molar-refractivity contribution in [2.45, 2.75) is 6.61 Å². The minimum absolute atomic E-state index is 0.00395. The zero-order valence-corrected chi connectivity index (χ0v) is 21.1. The second kappa shape index (κ2) is 10.9. The summed E-state index contributed by atoms with van der Waals surface area (Å²) in [6, 6.07) is 26.9. The van der Waals surface area contributed by atoms with Gasteiger partial charge in [-0.05, 0) is 60.2 Å². The van der Waals surface area contributed by atoms with Gasteiger partial charge in [0.15, 0.2) is 0 Å². The summed E-state index contributed by atoms with van der Waals surface area (Å²) in [4.78, 5) is 28.3. The lowest BCUT2D eigenvalue weighted by Crippen LogP contribution is -2.07. The van der Waals surface area contributed by atoms with Crippen LogP contribution in [0.3, 0.4) is 0 Å². The number of ether oxygens (including phenoxy) is 2. The fourth-order valence-electron chi connectivity index (χ4n) is 3.88. The van der Waals surface area contributed by atoms with E-state index in [9.17, 15) is 14.9 Å². The molecule has 0 spiro atoms. The molecule has 1 heterocycles. The van der Waals surface area contributed by atoms with Gasteiger partial charge in [0.25, 0.3) is 5.69 Å². The van der Waals surface area contributed by atoms with E-state index in [2.05, 4.69) is 4.98 Å². The fraction of sp³-hybridized carbons (Fsp3) is 0.0345. The van der Waals surface area contributed by atoms with Crippen LogP contribution in [0.1, 0.15) is 15.9 Å². The predicted molar refractivity (Wildman–Crippen MR) is 146 cm³/mol. The number of rotatable bonds is 7. The molecular formula is C29H18Cl2N2O5. The molecule has 0 unspecified atom stereocenters. The molecule has 0 bridgehead atoms. The molecule has 0 aliphatic carbocycles. The lowest BCUT2D eigenvalue weighted by Gasteiger charge is -2.12. The molecule has 0 aliphatic heterocycles. The molecule has 0 N–H and O–H groups in total. The van der Waals surface area contributed by atoms with E-state index in [1.807, 2.05) is 24.3 Å². The van der Waals surface area contributed by atoms with Crippen molar-refractivity contribution >= 4 is 45.8 Å². The first-order valence-electron chi connectivity index (χ1n) is 11.4. The highest BCUT2D eigenvalue weighted by molar-refractivity contribution is 6.36. The van der Waals surface area contributed by atoms with Crippen LogP contribution < -0.4 is 4.74 Å². The number of hydrogen-bond acceptors (Lipinski definition) is 6. The highest BCUT2D eigenvalue weighted by Crippen LogP contribution is 2.32. The Labute approximate surface area is 227 Å². The summed E-state index contributed by atoms with van der Waals surface area (Å²) in [6.07, 6.45) is 0. The number of nitro benzene ring substituents is 1. The maximum absolute atomic E-state index is 13.2. The summed E-state index contributed by atoms with van der Waals surface area (Å²) in [5, 5.41) is 12.4. The van der Waals surface area contributed by atoms with Gasteiger partial charge in [-0.3, -0.25) is 10.1 Å². The van der Waals surface area contributed by atoms with Crippen LogP contribution in [-0.4, -0.2) is 15.9 Å². The van der Waals surface area contributed by atoms with Crippen molar-refractivity contribution in [3.8, 4) is 22.8 Å². The number of hydrogen-bond donors (Lipinski definition) is 0. The molecule has 0 amide bonds. The predicted octanol–water partition coefficient (Wildman–Crippen LogP) is 8.27. The highest BCUT2D eigenvalue weighted by atomic mass is 35.5. The summed E-state index contributed by atoms with van der Waals surface area (Å²) in [7, 11) is 0. The van der Waals surface area contributed by atoms with Gasteiger partial charge in [0.1, 0.15) is 18.1 Å². The first-order chi connectivity index (χ1) is 18.4. The van der Waals surface area contributed by atoms with Gasteiger partial charge in [-0.15, -0.1) is 0 Å². The summed E-state index contributed by atoms with van der Waals surface area (Å²) in [6.45, 7) is 0.00395. The van der Waals surface area contributed by atoms with E-state index in [0.717, 1.165) is 0 Å². The van der Waals surface area contributed by atoms with Crippen LogP contribution in [0.25, 0.3) is 22.2 Å². The molecule has 1 aromatic heterocycles. The number of halogens is 2. The molecule has 4 aromatic carbocycles. The second-order valence-corrected chi connectivity index (χ2v) is 9.12. The topological polar surface area (TPSA) is 91.6 Å². The number of nitro groups is 1. The monoisotopic (exact) mass is 544 g/mol. The number of aromatic nitrogens is 1. The van der Waals surface area contributed by atoms with E-state index in [4.69, 9.17) is 32.7 Å². The SMILES string of the molecule is O=C(OCc1cccc(Oc2ccc([N+](=O)[O-])cc2)c1)c1cc(-c2ccc(Cl)cc2Cl)nc2ccccc12. The maximum atomic E-state index is 13.2. The van der Waals surface area contributed by atoms with Crippen molar-refractivity contribution in [3.05, 3.63) is 128 Å². The van der Waals surface area contributed by atoms with Gasteiger partial charge < -0.3 is 9.47 Å². The van der Waals surface area contributed by atoms with Crippen molar-refractivity contribution in [1.82, 2.24) is 4.98 Å². The third-order valence-electron chi connectivity index (χ3n) is 5.69. The molecule has 0 atom stereocenters. The molecule has 5 aromatic rings. The number of pyridine rings is 1. The molecule has 7 nitrogen and oxygen atoms in total. The van der Waals surface area contributed by atoms with Crippen molar-refractivity contribution in [2.24, 2.45) is 0 Å². The van der Waals surface area contributed by atoms with Crippen molar-refractivity contribution in [1.29, 1.82) is 0 Å². The van der Waals surface area contributed by atoms with E-state index in [0.29, 0.717) is 54.8 Å². The van der Waals surface area contributed by atoms with E-state index in [-0.39, 0.29) is 12.3 Å². The molecule has 38 heavy (non-hydrogen) atoms. The number of non-ortho nitro benzene ring substituents is 1. The van der Waals surface area contributed by atoms with Gasteiger partial charge in [-0.25, -0.2) is 9.78 Å². The molecular weight excluding hydrogens is 527 g/mol. The van der Waals surface area contributed by atoms with Crippen LogP contribution in [0.15, 0.2) is 97.1 Å². The Balaban J connectivity index is 1.36. The van der Waals surface area contributed by atoms with Crippen molar-refractivity contribution in [3.63, 3.8) is 0 Å². The first-order valence-corrected chi connectivity index (χ1v) is 12.2. The van der Waals surface area contributed by atoms with Gasteiger partial charge in [0, 0.05) is 28.1 Å². The summed E-state index contributed by atoms with van der Waals surface area (Å²) >= 11 is 12.4. The van der Waals surface area contributed by atoms with Crippen molar-refractivity contribution in [2.75, 3.05) is 0 Å². The minimum Gasteiger partial charge on any atom is -0.457 e. The molecule has 5 rings (SSSR count). The average molecular weight is 545 g/mol. The highest BCUT2D eigenvalue weighted by Gasteiger charge is 2.17.